The Morgan fingerprint density at radius 2 is 1.83 bits per heavy atom. The molecule has 8 heteroatoms. The molecular weight excluding hydrogens is 415 g/mol. The van der Waals surface area contributed by atoms with Gasteiger partial charge in [-0.2, -0.15) is 5.10 Å². The lowest BCUT2D eigenvalue weighted by molar-refractivity contribution is 0.0617. The van der Waals surface area contributed by atoms with Crippen molar-refractivity contribution in [1.29, 1.82) is 0 Å². The van der Waals surface area contributed by atoms with Crippen molar-refractivity contribution in [3.63, 3.8) is 0 Å². The van der Waals surface area contributed by atoms with Gasteiger partial charge in [0, 0.05) is 55.4 Å². The summed E-state index contributed by atoms with van der Waals surface area (Å²) >= 11 is 15.9. The van der Waals surface area contributed by atoms with Crippen molar-refractivity contribution in [2.24, 2.45) is 7.05 Å². The minimum absolute atomic E-state index is 0.00250. The van der Waals surface area contributed by atoms with Crippen LogP contribution in [0.3, 0.4) is 0 Å². The Morgan fingerprint density at radius 3 is 2.38 bits per heavy atom. The molecule has 0 radical (unpaired) electrons. The molecule has 1 amide bonds. The summed E-state index contributed by atoms with van der Waals surface area (Å²) in [5.74, 6) is -0.00250. The maximum atomic E-state index is 12.7. The number of carbonyl (C=O) groups is 1. The van der Waals surface area contributed by atoms with E-state index in [0.29, 0.717) is 35.4 Å². The van der Waals surface area contributed by atoms with Gasteiger partial charge in [-0.3, -0.25) is 14.4 Å². The third-order valence-corrected chi connectivity index (χ3v) is 5.49. The first-order valence-electron chi connectivity index (χ1n) is 7.59. The van der Waals surface area contributed by atoms with Crippen molar-refractivity contribution in [3.8, 4) is 0 Å². The fourth-order valence-corrected chi connectivity index (χ4v) is 3.85. The second-order valence-electron chi connectivity index (χ2n) is 5.73. The van der Waals surface area contributed by atoms with Crippen LogP contribution >= 0.6 is 39.1 Å². The molecule has 0 bridgehead atoms. The smallest absolute Gasteiger partial charge is 0.273 e. The number of hydrogen-bond donors (Lipinski definition) is 0. The predicted octanol–water partition coefficient (Wildman–Crippen LogP) is 3.45. The Labute approximate surface area is 159 Å². The van der Waals surface area contributed by atoms with Gasteiger partial charge >= 0.3 is 0 Å². The lowest BCUT2D eigenvalue weighted by Gasteiger charge is -2.35. The second kappa shape index (κ2) is 7.44. The maximum absolute atomic E-state index is 12.7. The molecule has 1 aliphatic heterocycles. The van der Waals surface area contributed by atoms with Crippen molar-refractivity contribution >= 4 is 45.0 Å². The van der Waals surface area contributed by atoms with Crippen LogP contribution in [0.15, 0.2) is 28.9 Å². The first-order chi connectivity index (χ1) is 11.5. The van der Waals surface area contributed by atoms with Crippen molar-refractivity contribution in [2.45, 2.75) is 6.54 Å². The molecule has 1 saturated heterocycles. The number of hydrogen-bond acceptors (Lipinski definition) is 3. The van der Waals surface area contributed by atoms with Gasteiger partial charge in [-0.15, -0.1) is 0 Å². The molecule has 0 saturated carbocycles. The van der Waals surface area contributed by atoms with Crippen molar-refractivity contribution < 1.29 is 4.79 Å². The van der Waals surface area contributed by atoms with Gasteiger partial charge in [-0.1, -0.05) is 29.3 Å². The number of nitrogens with zero attached hydrogens (tertiary/aromatic N) is 4. The molecule has 3 rings (SSSR count). The molecule has 0 N–H and O–H groups in total. The van der Waals surface area contributed by atoms with Crippen LogP contribution in [0.1, 0.15) is 16.1 Å². The molecule has 1 aromatic carbocycles. The fourth-order valence-electron chi connectivity index (χ4n) is 2.82. The Bertz CT molecular complexity index is 717. The lowest BCUT2D eigenvalue weighted by atomic mass is 10.2. The summed E-state index contributed by atoms with van der Waals surface area (Å²) in [6.45, 7) is 3.58. The first-order valence-corrected chi connectivity index (χ1v) is 9.14. The highest BCUT2D eigenvalue weighted by atomic mass is 79.9. The largest absolute Gasteiger partial charge is 0.335 e. The van der Waals surface area contributed by atoms with Gasteiger partial charge in [0.15, 0.2) is 0 Å². The summed E-state index contributed by atoms with van der Waals surface area (Å²) in [7, 11) is 1.77. The third-order valence-electron chi connectivity index (χ3n) is 4.20. The summed E-state index contributed by atoms with van der Waals surface area (Å²) in [5, 5.41) is 5.47. The molecule has 2 heterocycles. The Kier molecular flexibility index (Phi) is 5.49. The number of benzene rings is 1. The van der Waals surface area contributed by atoms with E-state index in [9.17, 15) is 4.79 Å². The van der Waals surface area contributed by atoms with Crippen LogP contribution in [0, 0.1) is 0 Å². The minimum Gasteiger partial charge on any atom is -0.335 e. The van der Waals surface area contributed by atoms with Gasteiger partial charge in [-0.25, -0.2) is 0 Å². The topological polar surface area (TPSA) is 41.4 Å². The molecule has 0 aliphatic carbocycles. The van der Waals surface area contributed by atoms with E-state index in [0.717, 1.165) is 23.1 Å². The third kappa shape index (κ3) is 3.61. The maximum Gasteiger partial charge on any atom is 0.273 e. The summed E-state index contributed by atoms with van der Waals surface area (Å²) in [6.07, 6.45) is 1.64. The highest BCUT2D eigenvalue weighted by molar-refractivity contribution is 9.10. The molecule has 5 nitrogen and oxygen atoms in total. The zero-order valence-electron chi connectivity index (χ0n) is 13.2. The summed E-state index contributed by atoms with van der Waals surface area (Å²) < 4.78 is 2.32. The number of aryl methyl sites for hydroxylation is 1. The molecule has 1 aliphatic rings. The van der Waals surface area contributed by atoms with Gasteiger partial charge < -0.3 is 4.90 Å². The van der Waals surface area contributed by atoms with Gasteiger partial charge in [0.2, 0.25) is 0 Å². The van der Waals surface area contributed by atoms with E-state index in [1.807, 2.05) is 23.1 Å². The molecule has 128 valence electrons. The van der Waals surface area contributed by atoms with E-state index in [2.05, 4.69) is 25.9 Å². The SMILES string of the molecule is Cn1ncc(Br)c1C(=O)N1CCN(Cc2c(Cl)cccc2Cl)CC1. The number of rotatable bonds is 3. The molecule has 0 atom stereocenters. The quantitative estimate of drug-likeness (QED) is 0.747. The predicted molar refractivity (Wildman–Crippen MR) is 98.6 cm³/mol. The number of aromatic nitrogens is 2. The van der Waals surface area contributed by atoms with Crippen LogP contribution < -0.4 is 0 Å². The van der Waals surface area contributed by atoms with Crippen LogP contribution in [-0.2, 0) is 13.6 Å². The van der Waals surface area contributed by atoms with E-state index in [1.165, 1.54) is 0 Å². The van der Waals surface area contributed by atoms with Gasteiger partial charge in [-0.05, 0) is 28.1 Å². The molecule has 2 aromatic rings. The standard InChI is InChI=1S/C16H17BrCl2N4O/c1-21-15(12(17)9-20-21)16(24)23-7-5-22(6-8-23)10-11-13(18)3-2-4-14(11)19/h2-4,9H,5-8,10H2,1H3. The van der Waals surface area contributed by atoms with Crippen LogP contribution in [0.2, 0.25) is 10.0 Å². The zero-order chi connectivity index (χ0) is 17.3. The van der Waals surface area contributed by atoms with Gasteiger partial charge in [0.25, 0.3) is 5.91 Å². The monoisotopic (exact) mass is 430 g/mol. The average Bonchev–Trinajstić information content (AvgIpc) is 2.90. The second-order valence-corrected chi connectivity index (χ2v) is 7.40. The van der Waals surface area contributed by atoms with Crippen LogP contribution in [0.5, 0.6) is 0 Å². The molecular formula is C16H17BrCl2N4O. The fraction of sp³-hybridized carbons (Fsp3) is 0.375. The van der Waals surface area contributed by atoms with Crippen LogP contribution in [0.25, 0.3) is 0 Å². The van der Waals surface area contributed by atoms with E-state index in [4.69, 9.17) is 23.2 Å². The van der Waals surface area contributed by atoms with Crippen molar-refractivity contribution in [1.82, 2.24) is 19.6 Å². The highest BCUT2D eigenvalue weighted by Gasteiger charge is 2.26. The van der Waals surface area contributed by atoms with Crippen LogP contribution in [0.4, 0.5) is 0 Å². The Balaban J connectivity index is 1.63. The summed E-state index contributed by atoms with van der Waals surface area (Å²) in [5.41, 5.74) is 1.52. The normalized spacial score (nSPS) is 15.8. The Hall–Kier alpha value is -1.08. The van der Waals surface area contributed by atoms with E-state index < -0.39 is 0 Å². The summed E-state index contributed by atoms with van der Waals surface area (Å²) in [4.78, 5) is 16.8. The Morgan fingerprint density at radius 1 is 1.21 bits per heavy atom. The average molecular weight is 432 g/mol. The molecule has 0 spiro atoms. The highest BCUT2D eigenvalue weighted by Crippen LogP contribution is 2.26. The molecule has 24 heavy (non-hydrogen) atoms. The molecule has 1 fully saturated rings. The number of halogens is 3. The van der Waals surface area contributed by atoms with Gasteiger partial charge in [0.05, 0.1) is 10.7 Å². The van der Waals surface area contributed by atoms with Crippen molar-refractivity contribution in [2.75, 3.05) is 26.2 Å². The minimum atomic E-state index is -0.00250. The number of carbonyl (C=O) groups excluding carboxylic acids is 1. The lowest BCUT2D eigenvalue weighted by Crippen LogP contribution is -2.48. The number of piperazine rings is 1. The van der Waals surface area contributed by atoms with E-state index >= 15 is 0 Å². The molecule has 0 unspecified atom stereocenters. The van der Waals surface area contributed by atoms with E-state index in [-0.39, 0.29) is 5.91 Å². The first kappa shape index (κ1) is 17.7. The number of amides is 1. The van der Waals surface area contributed by atoms with E-state index in [1.54, 1.807) is 17.9 Å². The van der Waals surface area contributed by atoms with Crippen LogP contribution in [-0.4, -0.2) is 51.7 Å². The van der Waals surface area contributed by atoms with Crippen molar-refractivity contribution in [3.05, 3.63) is 50.2 Å². The zero-order valence-corrected chi connectivity index (χ0v) is 16.3. The summed E-state index contributed by atoms with van der Waals surface area (Å²) in [6, 6.07) is 5.54. The molecule has 1 aromatic heterocycles. The van der Waals surface area contributed by atoms with Gasteiger partial charge in [0.1, 0.15) is 5.69 Å².